The Kier molecular flexibility index (Phi) is 8.13. The summed E-state index contributed by atoms with van der Waals surface area (Å²) in [6.45, 7) is 0.948. The predicted molar refractivity (Wildman–Crippen MR) is 103 cm³/mol. The van der Waals surface area contributed by atoms with Crippen molar-refractivity contribution in [1.82, 2.24) is 10.3 Å². The zero-order valence-corrected chi connectivity index (χ0v) is 15.8. The third-order valence-electron chi connectivity index (χ3n) is 3.85. The molecule has 1 unspecified atom stereocenters. The molecule has 2 aromatic rings. The van der Waals surface area contributed by atoms with Crippen molar-refractivity contribution in [3.05, 3.63) is 23.2 Å². The van der Waals surface area contributed by atoms with Crippen LogP contribution in [0.5, 0.6) is 5.75 Å². The molecule has 1 amide bonds. The van der Waals surface area contributed by atoms with Gasteiger partial charge in [-0.15, -0.1) is 11.3 Å². The molecule has 27 heavy (non-hydrogen) atoms. The van der Waals surface area contributed by atoms with Gasteiger partial charge in [0.05, 0.1) is 16.3 Å². The van der Waals surface area contributed by atoms with Crippen molar-refractivity contribution in [2.24, 2.45) is 11.5 Å². The summed E-state index contributed by atoms with van der Waals surface area (Å²) in [5.74, 6) is -0.197. The highest BCUT2D eigenvalue weighted by Gasteiger charge is 2.13. The molecule has 0 saturated heterocycles. The Morgan fingerprint density at radius 1 is 1.33 bits per heavy atom. The lowest BCUT2D eigenvalue weighted by atomic mass is 10.1. The Morgan fingerprint density at radius 2 is 2.15 bits per heavy atom. The number of unbranched alkanes of at least 4 members (excludes halogenated alkanes) is 1. The quantitative estimate of drug-likeness (QED) is 0.317. The van der Waals surface area contributed by atoms with E-state index in [4.69, 9.17) is 21.5 Å². The lowest BCUT2D eigenvalue weighted by Crippen LogP contribution is -2.41. The molecule has 0 bridgehead atoms. The van der Waals surface area contributed by atoms with E-state index >= 15 is 0 Å². The topological polar surface area (TPSA) is 144 Å². The number of carbonyl (C=O) groups excluding carboxylic acids is 2. The largest absolute Gasteiger partial charge is 0.426 e. The van der Waals surface area contributed by atoms with Crippen LogP contribution in [0, 0.1) is 11.3 Å². The molecule has 8 nitrogen and oxygen atoms in total. The van der Waals surface area contributed by atoms with Crippen LogP contribution in [-0.2, 0) is 9.59 Å². The van der Waals surface area contributed by atoms with Crippen molar-refractivity contribution in [3.8, 4) is 11.8 Å². The molecule has 0 saturated carbocycles. The van der Waals surface area contributed by atoms with Crippen LogP contribution in [0.15, 0.2) is 18.2 Å². The fraction of sp³-hybridized carbons (Fsp3) is 0.444. The number of hydrogen-bond acceptors (Lipinski definition) is 8. The molecule has 144 valence electrons. The van der Waals surface area contributed by atoms with Crippen molar-refractivity contribution in [3.63, 3.8) is 0 Å². The van der Waals surface area contributed by atoms with Gasteiger partial charge in [-0.3, -0.25) is 9.59 Å². The van der Waals surface area contributed by atoms with Gasteiger partial charge in [0.1, 0.15) is 11.8 Å². The highest BCUT2D eigenvalue weighted by Crippen LogP contribution is 2.26. The van der Waals surface area contributed by atoms with Gasteiger partial charge in [-0.05, 0) is 37.9 Å². The summed E-state index contributed by atoms with van der Waals surface area (Å²) in [7, 11) is 0. The molecule has 0 spiro atoms. The van der Waals surface area contributed by atoms with Crippen molar-refractivity contribution >= 4 is 33.4 Å². The average molecular weight is 389 g/mol. The maximum atomic E-state index is 11.9. The summed E-state index contributed by atoms with van der Waals surface area (Å²) in [5.41, 5.74) is 11.9. The number of thiazole rings is 1. The number of carbonyl (C=O) groups is 2. The van der Waals surface area contributed by atoms with Crippen LogP contribution in [0.2, 0.25) is 0 Å². The SMILES string of the molecule is N#Cc1nc2ccc(OC(=O)CCCNC(=O)C(N)CCCCN)cc2s1. The number of esters is 1. The molecule has 1 heterocycles. The monoisotopic (exact) mass is 389 g/mol. The van der Waals surface area contributed by atoms with E-state index in [1.807, 2.05) is 6.07 Å². The zero-order valence-electron chi connectivity index (χ0n) is 14.9. The van der Waals surface area contributed by atoms with Gasteiger partial charge in [0.2, 0.25) is 5.91 Å². The van der Waals surface area contributed by atoms with Gasteiger partial charge in [0.25, 0.3) is 0 Å². The molecular weight excluding hydrogens is 366 g/mol. The van der Waals surface area contributed by atoms with Crippen molar-refractivity contribution < 1.29 is 14.3 Å². The van der Waals surface area contributed by atoms with E-state index in [2.05, 4.69) is 10.3 Å². The Morgan fingerprint density at radius 3 is 2.89 bits per heavy atom. The zero-order chi connectivity index (χ0) is 19.6. The number of nitrogens with two attached hydrogens (primary N) is 2. The van der Waals surface area contributed by atoms with E-state index in [0.29, 0.717) is 42.2 Å². The van der Waals surface area contributed by atoms with Crippen LogP contribution in [0.3, 0.4) is 0 Å². The smallest absolute Gasteiger partial charge is 0.311 e. The molecule has 0 aliphatic heterocycles. The van der Waals surface area contributed by atoms with Crippen molar-refractivity contribution in [2.75, 3.05) is 13.1 Å². The molecule has 9 heteroatoms. The first-order chi connectivity index (χ1) is 13.0. The van der Waals surface area contributed by atoms with Gasteiger partial charge in [0.15, 0.2) is 5.01 Å². The molecule has 0 fully saturated rings. The lowest BCUT2D eigenvalue weighted by molar-refractivity contribution is -0.134. The number of rotatable bonds is 10. The van der Waals surface area contributed by atoms with Crippen LogP contribution < -0.4 is 21.5 Å². The molecule has 1 atom stereocenters. The third-order valence-corrected chi connectivity index (χ3v) is 4.77. The second-order valence-corrected chi connectivity index (χ2v) is 7.05. The van der Waals surface area contributed by atoms with Gasteiger partial charge >= 0.3 is 5.97 Å². The van der Waals surface area contributed by atoms with E-state index in [1.54, 1.807) is 18.2 Å². The van der Waals surface area contributed by atoms with Crippen molar-refractivity contribution in [1.29, 1.82) is 5.26 Å². The van der Waals surface area contributed by atoms with Crippen LogP contribution in [0.4, 0.5) is 0 Å². The number of nitriles is 1. The molecule has 0 radical (unpaired) electrons. The fourth-order valence-electron chi connectivity index (χ4n) is 2.41. The van der Waals surface area contributed by atoms with Gasteiger partial charge in [-0.1, -0.05) is 6.42 Å². The van der Waals surface area contributed by atoms with E-state index in [-0.39, 0.29) is 18.3 Å². The lowest BCUT2D eigenvalue weighted by Gasteiger charge is -2.11. The Hall–Kier alpha value is -2.54. The predicted octanol–water partition coefficient (Wildman–Crippen LogP) is 1.43. The number of nitrogens with one attached hydrogen (secondary N) is 1. The number of benzene rings is 1. The highest BCUT2D eigenvalue weighted by molar-refractivity contribution is 7.19. The number of ether oxygens (including phenoxy) is 1. The van der Waals surface area contributed by atoms with E-state index < -0.39 is 6.04 Å². The molecule has 0 aliphatic rings. The van der Waals surface area contributed by atoms with Gasteiger partial charge < -0.3 is 21.5 Å². The molecule has 0 aliphatic carbocycles. The normalized spacial score (nSPS) is 11.7. The summed E-state index contributed by atoms with van der Waals surface area (Å²) in [6, 6.07) is 6.48. The maximum absolute atomic E-state index is 11.9. The minimum Gasteiger partial charge on any atom is -0.426 e. The summed E-state index contributed by atoms with van der Waals surface area (Å²) in [4.78, 5) is 27.9. The third kappa shape index (κ3) is 6.60. The van der Waals surface area contributed by atoms with E-state index in [1.165, 1.54) is 11.3 Å². The Balaban J connectivity index is 1.70. The van der Waals surface area contributed by atoms with Crippen LogP contribution in [0.1, 0.15) is 37.1 Å². The number of fused-ring (bicyclic) bond motifs is 1. The number of nitrogens with zero attached hydrogens (tertiary/aromatic N) is 2. The minimum absolute atomic E-state index is 0.173. The summed E-state index contributed by atoms with van der Waals surface area (Å²) < 4.78 is 6.08. The highest BCUT2D eigenvalue weighted by atomic mass is 32.1. The second kappa shape index (κ2) is 10.6. The molecule has 1 aromatic heterocycles. The number of aromatic nitrogens is 1. The van der Waals surface area contributed by atoms with Crippen LogP contribution >= 0.6 is 11.3 Å². The number of hydrogen-bond donors (Lipinski definition) is 3. The Bertz CT molecular complexity index is 830. The van der Waals surface area contributed by atoms with Crippen LogP contribution in [0.25, 0.3) is 10.2 Å². The first-order valence-corrected chi connectivity index (χ1v) is 9.60. The minimum atomic E-state index is -0.548. The number of amides is 1. The van der Waals surface area contributed by atoms with Crippen molar-refractivity contribution in [2.45, 2.75) is 38.1 Å². The molecule has 5 N–H and O–H groups in total. The van der Waals surface area contributed by atoms with Crippen LogP contribution in [-0.4, -0.2) is 36.0 Å². The Labute approximate surface area is 161 Å². The maximum Gasteiger partial charge on any atom is 0.311 e. The summed E-state index contributed by atoms with van der Waals surface area (Å²) in [6.07, 6.45) is 2.89. The molecular formula is C18H23N5O3S. The first-order valence-electron chi connectivity index (χ1n) is 8.78. The first kappa shape index (κ1) is 20.8. The standard InChI is InChI=1S/C18H23N5O3S/c19-8-2-1-4-13(21)18(25)22-9-3-5-17(24)26-12-6-7-14-15(10-12)27-16(11-20)23-14/h6-7,10,13H,1-5,8-9,19,21H2,(H,22,25). The molecule has 1 aromatic carbocycles. The molecule has 2 rings (SSSR count). The summed E-state index contributed by atoms with van der Waals surface area (Å²) in [5, 5.41) is 12.0. The van der Waals surface area contributed by atoms with E-state index in [9.17, 15) is 9.59 Å². The van der Waals surface area contributed by atoms with E-state index in [0.717, 1.165) is 17.5 Å². The summed E-state index contributed by atoms with van der Waals surface area (Å²) >= 11 is 1.24. The second-order valence-electron chi connectivity index (χ2n) is 6.02. The fourth-order valence-corrected chi connectivity index (χ4v) is 3.21. The van der Waals surface area contributed by atoms with Gasteiger partial charge in [0, 0.05) is 19.0 Å². The van der Waals surface area contributed by atoms with Gasteiger partial charge in [-0.2, -0.15) is 5.26 Å². The average Bonchev–Trinajstić information content (AvgIpc) is 3.07. The van der Waals surface area contributed by atoms with Gasteiger partial charge in [-0.25, -0.2) is 4.98 Å².